The highest BCUT2D eigenvalue weighted by molar-refractivity contribution is 7.18. The minimum Gasteiger partial charge on any atom is -0.348 e. The molecular formula is C17H22N3OS+. The molecule has 0 spiro atoms. The number of quaternary nitrogens is 1. The summed E-state index contributed by atoms with van der Waals surface area (Å²) in [6, 6.07) is 8.33. The van der Waals surface area contributed by atoms with Gasteiger partial charge in [0.25, 0.3) is 5.91 Å². The van der Waals surface area contributed by atoms with Gasteiger partial charge in [0.15, 0.2) is 6.54 Å². The Hall–Kier alpha value is -1.72. The Morgan fingerprint density at radius 3 is 2.91 bits per heavy atom. The molecule has 0 saturated carbocycles. The van der Waals surface area contributed by atoms with Crippen LogP contribution in [0.1, 0.15) is 23.8 Å². The number of carbonyl (C=O) groups is 1. The van der Waals surface area contributed by atoms with E-state index in [9.17, 15) is 4.79 Å². The van der Waals surface area contributed by atoms with Crippen molar-refractivity contribution in [1.82, 2.24) is 10.3 Å². The van der Waals surface area contributed by atoms with E-state index < -0.39 is 0 Å². The van der Waals surface area contributed by atoms with Gasteiger partial charge in [0.05, 0.1) is 28.3 Å². The van der Waals surface area contributed by atoms with Gasteiger partial charge in [-0.1, -0.05) is 18.2 Å². The second-order valence-corrected chi connectivity index (χ2v) is 6.88. The van der Waals surface area contributed by atoms with Crippen LogP contribution in [0.25, 0.3) is 10.2 Å². The third-order valence-corrected chi connectivity index (χ3v) is 5.41. The van der Waals surface area contributed by atoms with Crippen molar-refractivity contribution in [2.75, 3.05) is 26.2 Å². The number of likely N-dealkylation sites (tertiary alicyclic amines) is 1. The lowest BCUT2D eigenvalue weighted by molar-refractivity contribution is -0.897. The first-order valence-corrected chi connectivity index (χ1v) is 8.64. The van der Waals surface area contributed by atoms with Crippen LogP contribution in [0.2, 0.25) is 0 Å². The topological polar surface area (TPSA) is 46.4 Å². The maximum atomic E-state index is 11.7. The normalized spacial score (nSPS) is 21.6. The maximum absolute atomic E-state index is 11.7. The maximum Gasteiger partial charge on any atom is 0.275 e. The first kappa shape index (κ1) is 15.2. The van der Waals surface area contributed by atoms with Gasteiger partial charge in [-0.25, -0.2) is 4.98 Å². The number of nitrogens with one attached hydrogen (secondary N) is 2. The van der Waals surface area contributed by atoms with Crippen LogP contribution >= 0.6 is 11.3 Å². The molecule has 2 heterocycles. The molecule has 5 heteroatoms. The number of aromatic nitrogens is 1. The molecule has 2 N–H and O–H groups in total. The summed E-state index contributed by atoms with van der Waals surface area (Å²) in [5.74, 6) is 0.672. The molecule has 0 unspecified atom stereocenters. The Kier molecular flexibility index (Phi) is 4.85. The average Bonchev–Trinajstić information content (AvgIpc) is 2.97. The Morgan fingerprint density at radius 2 is 2.18 bits per heavy atom. The van der Waals surface area contributed by atoms with E-state index in [0.29, 0.717) is 19.0 Å². The van der Waals surface area contributed by atoms with E-state index in [0.717, 1.165) is 31.4 Å². The summed E-state index contributed by atoms with van der Waals surface area (Å²) in [5, 5.41) is 4.11. The molecule has 2 aromatic rings. The summed E-state index contributed by atoms with van der Waals surface area (Å²) in [7, 11) is 0. The van der Waals surface area contributed by atoms with Crippen LogP contribution in [-0.4, -0.2) is 37.1 Å². The number of benzene rings is 1. The fourth-order valence-corrected chi connectivity index (χ4v) is 4.13. The SMILES string of the molecule is C=CCNC(=O)C[NH+]1CCC(c2nc3ccccc3s2)CC1. The predicted octanol–water partition coefficient (Wildman–Crippen LogP) is 1.36. The second kappa shape index (κ2) is 7.03. The van der Waals surface area contributed by atoms with Crippen molar-refractivity contribution < 1.29 is 9.69 Å². The van der Waals surface area contributed by atoms with E-state index in [2.05, 4.69) is 30.1 Å². The molecule has 0 bridgehead atoms. The van der Waals surface area contributed by atoms with Crippen LogP contribution in [0.4, 0.5) is 0 Å². The van der Waals surface area contributed by atoms with E-state index in [4.69, 9.17) is 4.98 Å². The molecule has 1 saturated heterocycles. The molecular weight excluding hydrogens is 294 g/mol. The molecule has 0 radical (unpaired) electrons. The molecule has 1 aliphatic heterocycles. The highest BCUT2D eigenvalue weighted by atomic mass is 32.1. The smallest absolute Gasteiger partial charge is 0.275 e. The number of para-hydroxylation sites is 1. The Morgan fingerprint density at radius 1 is 1.41 bits per heavy atom. The van der Waals surface area contributed by atoms with Gasteiger partial charge in [0.2, 0.25) is 0 Å². The lowest BCUT2D eigenvalue weighted by Crippen LogP contribution is -3.14. The van der Waals surface area contributed by atoms with E-state index in [1.807, 2.05) is 17.4 Å². The van der Waals surface area contributed by atoms with Gasteiger partial charge in [-0.15, -0.1) is 17.9 Å². The van der Waals surface area contributed by atoms with Crippen molar-refractivity contribution in [3.63, 3.8) is 0 Å². The number of hydrogen-bond acceptors (Lipinski definition) is 3. The molecule has 22 heavy (non-hydrogen) atoms. The quantitative estimate of drug-likeness (QED) is 0.818. The van der Waals surface area contributed by atoms with Gasteiger partial charge in [-0.2, -0.15) is 0 Å². The summed E-state index contributed by atoms with van der Waals surface area (Å²) < 4.78 is 1.27. The number of rotatable bonds is 5. The van der Waals surface area contributed by atoms with E-state index in [-0.39, 0.29) is 5.91 Å². The van der Waals surface area contributed by atoms with E-state index in [1.165, 1.54) is 14.6 Å². The summed E-state index contributed by atoms with van der Waals surface area (Å²) >= 11 is 1.82. The van der Waals surface area contributed by atoms with Crippen LogP contribution in [0.3, 0.4) is 0 Å². The van der Waals surface area contributed by atoms with Gasteiger partial charge < -0.3 is 10.2 Å². The van der Waals surface area contributed by atoms with E-state index >= 15 is 0 Å². The number of carbonyl (C=O) groups excluding carboxylic acids is 1. The predicted molar refractivity (Wildman–Crippen MR) is 90.4 cm³/mol. The number of nitrogens with zero attached hydrogens (tertiary/aromatic N) is 1. The Labute approximate surface area is 134 Å². The van der Waals surface area contributed by atoms with Crippen LogP contribution in [0, 0.1) is 0 Å². The minimum atomic E-state index is 0.119. The minimum absolute atomic E-state index is 0.119. The zero-order chi connectivity index (χ0) is 15.4. The van der Waals surface area contributed by atoms with Gasteiger partial charge >= 0.3 is 0 Å². The van der Waals surface area contributed by atoms with Gasteiger partial charge in [0.1, 0.15) is 0 Å². The lowest BCUT2D eigenvalue weighted by Gasteiger charge is -2.27. The van der Waals surface area contributed by atoms with Crippen molar-refractivity contribution in [3.05, 3.63) is 41.9 Å². The summed E-state index contributed by atoms with van der Waals surface area (Å²) in [6.45, 7) is 6.83. The molecule has 3 rings (SSSR count). The number of piperidine rings is 1. The highest BCUT2D eigenvalue weighted by Crippen LogP contribution is 2.31. The third-order valence-electron chi connectivity index (χ3n) is 4.21. The standard InChI is InChI=1S/C17H21N3OS/c1-2-9-18-16(21)12-20-10-7-13(8-11-20)17-19-14-5-3-4-6-15(14)22-17/h2-6,13H,1,7-12H2,(H,18,21)/p+1. The van der Waals surface area contributed by atoms with Gasteiger partial charge in [-0.3, -0.25) is 4.79 Å². The molecule has 1 fully saturated rings. The van der Waals surface area contributed by atoms with E-state index in [1.54, 1.807) is 6.08 Å². The number of hydrogen-bond donors (Lipinski definition) is 2. The number of amides is 1. The van der Waals surface area contributed by atoms with Crippen LogP contribution in [0.15, 0.2) is 36.9 Å². The Balaban J connectivity index is 1.55. The van der Waals surface area contributed by atoms with Crippen molar-refractivity contribution >= 4 is 27.5 Å². The zero-order valence-corrected chi connectivity index (χ0v) is 13.5. The first-order valence-electron chi connectivity index (χ1n) is 7.83. The monoisotopic (exact) mass is 316 g/mol. The van der Waals surface area contributed by atoms with Crippen molar-refractivity contribution in [1.29, 1.82) is 0 Å². The van der Waals surface area contributed by atoms with Crippen LogP contribution in [-0.2, 0) is 4.79 Å². The number of fused-ring (bicyclic) bond motifs is 1. The number of thiazole rings is 1. The largest absolute Gasteiger partial charge is 0.348 e. The van der Waals surface area contributed by atoms with Crippen LogP contribution < -0.4 is 10.2 Å². The third kappa shape index (κ3) is 3.54. The van der Waals surface area contributed by atoms with Crippen molar-refractivity contribution in [2.45, 2.75) is 18.8 Å². The summed E-state index contributed by atoms with van der Waals surface area (Å²) in [4.78, 5) is 17.9. The fraction of sp³-hybridized carbons (Fsp3) is 0.412. The molecule has 1 aromatic carbocycles. The summed E-state index contributed by atoms with van der Waals surface area (Å²) in [6.07, 6.45) is 3.94. The molecule has 0 atom stereocenters. The van der Waals surface area contributed by atoms with Crippen molar-refractivity contribution in [3.8, 4) is 0 Å². The average molecular weight is 316 g/mol. The molecule has 1 aliphatic rings. The van der Waals surface area contributed by atoms with Crippen LogP contribution in [0.5, 0.6) is 0 Å². The van der Waals surface area contributed by atoms with Gasteiger partial charge in [-0.05, 0) is 12.1 Å². The van der Waals surface area contributed by atoms with Gasteiger partial charge in [0, 0.05) is 25.3 Å². The fourth-order valence-electron chi connectivity index (χ4n) is 2.99. The zero-order valence-electron chi connectivity index (χ0n) is 12.7. The molecule has 1 aromatic heterocycles. The highest BCUT2D eigenvalue weighted by Gasteiger charge is 2.26. The summed E-state index contributed by atoms with van der Waals surface area (Å²) in [5.41, 5.74) is 1.11. The lowest BCUT2D eigenvalue weighted by atomic mass is 9.97. The Bertz CT molecular complexity index is 626. The first-order chi connectivity index (χ1) is 10.8. The second-order valence-electron chi connectivity index (χ2n) is 5.81. The molecule has 1 amide bonds. The molecule has 116 valence electrons. The van der Waals surface area contributed by atoms with Crippen molar-refractivity contribution in [2.24, 2.45) is 0 Å². The molecule has 4 nitrogen and oxygen atoms in total. The molecule has 0 aliphatic carbocycles.